The third-order valence-corrected chi connectivity index (χ3v) is 13.7. The molecule has 0 aliphatic heterocycles. The predicted molar refractivity (Wildman–Crippen MR) is 226 cm³/mol. The van der Waals surface area contributed by atoms with Crippen molar-refractivity contribution < 1.29 is 94.8 Å². The van der Waals surface area contributed by atoms with Gasteiger partial charge >= 0.3 is 46.1 Å². The molecule has 0 fully saturated rings. The van der Waals surface area contributed by atoms with Crippen molar-refractivity contribution in [1.29, 1.82) is 0 Å². The van der Waals surface area contributed by atoms with E-state index in [9.17, 15) is 0 Å². The summed E-state index contributed by atoms with van der Waals surface area (Å²) in [6, 6.07) is 62.5. The Morgan fingerprint density at radius 2 is 0.355 bits per heavy atom. The van der Waals surface area contributed by atoms with Crippen LogP contribution < -0.4 is 42.2 Å². The van der Waals surface area contributed by atoms with Crippen LogP contribution in [0.5, 0.6) is 0 Å². The number of benzene rings is 6. The third-order valence-electron chi connectivity index (χ3n) is 6.98. The van der Waals surface area contributed by atoms with E-state index in [2.05, 4.69) is 200 Å². The van der Waals surface area contributed by atoms with E-state index in [0.29, 0.717) is 0 Å². The van der Waals surface area contributed by atoms with Gasteiger partial charge in [0.25, 0.3) is 54.3 Å². The van der Waals surface area contributed by atoms with Crippen LogP contribution in [0.2, 0.25) is 0 Å². The molecule has 6 N–H and O–H groups in total. The number of carbonyl (C=O) groups excluding carboxylic acids is 8. The van der Waals surface area contributed by atoms with E-state index < -0.39 is 44.0 Å². The Kier molecular flexibility index (Phi) is 55.3. The van der Waals surface area contributed by atoms with E-state index in [1.807, 2.05) is 36.4 Å². The summed E-state index contributed by atoms with van der Waals surface area (Å²) in [6.07, 6.45) is 0. The molecule has 0 amide bonds. The van der Waals surface area contributed by atoms with Gasteiger partial charge in [-0.2, -0.15) is 0 Å². The molecule has 0 saturated carbocycles. The van der Waals surface area contributed by atoms with E-state index in [0.717, 1.165) is 0 Å². The van der Waals surface area contributed by atoms with Crippen LogP contribution in [-0.2, 0) is 76.0 Å². The van der Waals surface area contributed by atoms with Gasteiger partial charge in [-0.1, -0.05) is 109 Å². The van der Waals surface area contributed by atoms with Crippen LogP contribution in [-0.4, -0.2) is 62.8 Å². The summed E-state index contributed by atoms with van der Waals surface area (Å²) in [5.74, 6) is 0. The second-order valence-corrected chi connectivity index (χ2v) is 15.9. The molecule has 0 bridgehead atoms. The maximum absolute atomic E-state index is 8.45. The van der Waals surface area contributed by atoms with Crippen molar-refractivity contribution in [2.45, 2.75) is 0 Å². The Morgan fingerprint density at radius 3 is 0.435 bits per heavy atom. The van der Waals surface area contributed by atoms with Crippen molar-refractivity contribution in [3.8, 4) is 0 Å². The predicted octanol–water partition coefficient (Wildman–Crippen LogP) is -0.687. The summed E-state index contributed by atoms with van der Waals surface area (Å²) in [6.45, 7) is 36.0. The Labute approximate surface area is 375 Å². The van der Waals surface area contributed by atoms with Crippen LogP contribution in [0.25, 0.3) is 0 Å². The molecule has 62 heavy (non-hydrogen) atoms. The van der Waals surface area contributed by atoms with Crippen LogP contribution in [0.1, 0.15) is 0 Å². The topological polar surface area (TPSA) is 262 Å². The fourth-order valence-electron chi connectivity index (χ4n) is 4.87. The quantitative estimate of drug-likeness (QED) is 0.151. The fourth-order valence-corrected chi connectivity index (χ4v) is 10.5. The fraction of sp³-hybridized carbons (Fsp3) is 0. The van der Waals surface area contributed by atoms with Gasteiger partial charge in [0.2, 0.25) is 0 Å². The average Bonchev–Trinajstić information content (AvgIpc) is 3.40. The van der Waals surface area contributed by atoms with Gasteiger partial charge in [-0.15, -0.1) is 0 Å². The van der Waals surface area contributed by atoms with Crippen LogP contribution in [0.15, 0.2) is 182 Å². The first kappa shape index (κ1) is 67.4. The molecular formula is C44H36Co2N2O12P2. The van der Waals surface area contributed by atoms with Crippen molar-refractivity contribution >= 4 is 100 Å². The van der Waals surface area contributed by atoms with Gasteiger partial charge in [-0.3, -0.25) is 48.7 Å². The summed E-state index contributed by atoms with van der Waals surface area (Å²) >= 11 is -1.62. The van der Waals surface area contributed by atoms with Gasteiger partial charge in [-0.25, -0.2) is 0 Å². The van der Waals surface area contributed by atoms with Gasteiger partial charge in [-0.05, 0) is 72.8 Å². The Bertz CT molecular complexity index is 1630. The van der Waals surface area contributed by atoms with Gasteiger partial charge in [0.1, 0.15) is 0 Å². The molecule has 6 aromatic carbocycles. The van der Waals surface area contributed by atoms with Crippen LogP contribution in [0, 0.1) is 0 Å². The van der Waals surface area contributed by atoms with Crippen molar-refractivity contribution in [2.24, 2.45) is 0 Å². The minimum absolute atomic E-state index is 0.812. The second kappa shape index (κ2) is 50.8. The third kappa shape index (κ3) is 24.7. The zero-order valence-corrected chi connectivity index (χ0v) is 35.9. The molecule has 18 heteroatoms. The molecule has 0 saturated heterocycles. The normalized spacial score (nSPS) is 8.42. The first-order chi connectivity index (χ1) is 30.5. The van der Waals surface area contributed by atoms with Crippen molar-refractivity contribution in [3.63, 3.8) is 0 Å². The first-order valence-electron chi connectivity index (χ1n) is 15.5. The van der Waals surface area contributed by atoms with Gasteiger partial charge in [0.05, 0.1) is 0 Å². The molecule has 0 unspecified atom stereocenters. The number of hydrogen-bond acceptors (Lipinski definition) is 10. The van der Waals surface area contributed by atoms with Crippen molar-refractivity contribution in [3.05, 3.63) is 182 Å². The maximum atomic E-state index is 8.45. The molecule has 0 aliphatic rings. The Balaban J connectivity index is -0.000000175. The molecule has 6 rings (SSSR count). The molecule has 0 spiro atoms. The van der Waals surface area contributed by atoms with Gasteiger partial charge < -0.3 is 0 Å². The van der Waals surface area contributed by atoms with Crippen LogP contribution >= 0.6 is 14.1 Å². The number of rotatable bonds is 6. The number of hydrogen-bond donors (Lipinski definition) is 4. The minimum atomic E-state index is -2.03. The van der Waals surface area contributed by atoms with Crippen molar-refractivity contribution in [2.75, 3.05) is 0 Å². The molecule has 0 aromatic heterocycles. The van der Waals surface area contributed by atoms with Crippen LogP contribution in [0.4, 0.5) is 0 Å². The zero-order valence-electron chi connectivity index (χ0n) is 32.0. The molecular weight excluding hydrogens is 928 g/mol. The monoisotopic (exact) mass is 964 g/mol. The second-order valence-electron chi connectivity index (χ2n) is 9.58. The SMILES string of the molecule is [C]=O.[C]=O.[C]=O.[C]=O.[C]=O.[C]=O.[C]=O.[C]=O.[NH2+]=P(c1ccccc1)(c1ccccc1)c1ccccc1.[NH2+]=P(c1ccccc1)(c1ccccc1)c1ccccc1.[O]=[Co-][OH].[O]=[Co-][OH]. The van der Waals surface area contributed by atoms with E-state index in [4.69, 9.17) is 64.8 Å². The van der Waals surface area contributed by atoms with Crippen LogP contribution in [0.3, 0.4) is 0 Å². The summed E-state index contributed by atoms with van der Waals surface area (Å²) in [4.78, 5) is 60.0. The van der Waals surface area contributed by atoms with E-state index in [-0.39, 0.29) is 0 Å². The summed E-state index contributed by atoms with van der Waals surface area (Å²) in [5, 5.41) is 21.2. The summed E-state index contributed by atoms with van der Waals surface area (Å²) in [5.41, 5.74) is 0. The standard InChI is InChI=1S/2C18H16NP.8CO.2Co.2H2O.2O/c2*19-20(16-10-4-1-5-11-16,17-12-6-2-7-13-17)18-14-8-3-9-15-18;8*1-2;;;;;;/h2*1-15,19H;;;;;;;;;;;2*1H2;;. The van der Waals surface area contributed by atoms with Gasteiger partial charge in [0, 0.05) is 31.8 Å². The Morgan fingerprint density at radius 1 is 0.274 bits per heavy atom. The van der Waals surface area contributed by atoms with Gasteiger partial charge in [0.15, 0.2) is 14.1 Å². The van der Waals surface area contributed by atoms with E-state index >= 15 is 0 Å². The molecule has 14 nitrogen and oxygen atoms in total. The first-order valence-corrected chi connectivity index (χ1v) is 21.0. The molecule has 0 heterocycles. The van der Waals surface area contributed by atoms with E-state index in [1.165, 1.54) is 31.8 Å². The van der Waals surface area contributed by atoms with Crippen molar-refractivity contribution in [1.82, 2.24) is 0 Å². The Hall–Kier alpha value is -6.33. The van der Waals surface area contributed by atoms with E-state index in [1.54, 1.807) is 0 Å². The molecule has 0 atom stereocenters. The summed E-state index contributed by atoms with van der Waals surface area (Å²) in [7, 11) is -4.05. The average molecular weight is 965 g/mol. The molecule has 6 aromatic rings. The number of nitrogens with two attached hydrogens (primary N) is 2. The summed E-state index contributed by atoms with van der Waals surface area (Å²) < 4.78 is 30.9. The zero-order chi connectivity index (χ0) is 49.1. The molecule has 0 aliphatic carbocycles. The molecule has 16 radical (unpaired) electrons. The molecule has 322 valence electrons.